The molecule has 66 valence electrons. The fourth-order valence-electron chi connectivity index (χ4n) is 1.53. The molecule has 1 aromatic rings. The van der Waals surface area contributed by atoms with Crippen LogP contribution in [-0.4, -0.2) is 5.11 Å². The lowest BCUT2D eigenvalue weighted by Crippen LogP contribution is -1.99. The Kier molecular flexibility index (Phi) is 2.20. The van der Waals surface area contributed by atoms with Gasteiger partial charge in [-0.25, -0.2) is 0 Å². The molecule has 1 N–H and O–H groups in total. The van der Waals surface area contributed by atoms with Crippen molar-refractivity contribution in [3.8, 4) is 0 Å². The Morgan fingerprint density at radius 1 is 1.67 bits per heavy atom. The predicted molar refractivity (Wildman–Crippen MR) is 51.4 cm³/mol. The molecule has 1 nitrogen and oxygen atoms in total. The van der Waals surface area contributed by atoms with Crippen LogP contribution in [0.15, 0.2) is 11.4 Å². The van der Waals surface area contributed by atoms with Crippen LogP contribution in [0.5, 0.6) is 0 Å². The minimum Gasteiger partial charge on any atom is -0.387 e. The molecule has 1 aromatic heterocycles. The van der Waals surface area contributed by atoms with E-state index in [-0.39, 0.29) is 6.10 Å². The normalized spacial score (nSPS) is 19.5. The van der Waals surface area contributed by atoms with E-state index >= 15 is 0 Å². The van der Waals surface area contributed by atoms with Gasteiger partial charge in [0.1, 0.15) is 0 Å². The lowest BCUT2D eigenvalue weighted by atomic mass is 10.1. The fourth-order valence-corrected chi connectivity index (χ4v) is 2.60. The fraction of sp³-hybridized carbons (Fsp3) is 0.600. The van der Waals surface area contributed by atoms with Crippen LogP contribution in [0.2, 0.25) is 0 Å². The first-order valence-electron chi connectivity index (χ1n) is 4.57. The smallest absolute Gasteiger partial charge is 0.0912 e. The van der Waals surface area contributed by atoms with Gasteiger partial charge in [-0.15, -0.1) is 11.3 Å². The summed E-state index contributed by atoms with van der Waals surface area (Å²) < 4.78 is 0. The maximum absolute atomic E-state index is 9.87. The Morgan fingerprint density at radius 3 is 3.00 bits per heavy atom. The van der Waals surface area contributed by atoms with Crippen LogP contribution in [0.4, 0.5) is 0 Å². The number of hydrogen-bond donors (Lipinski definition) is 1. The minimum atomic E-state index is -0.167. The van der Waals surface area contributed by atoms with Gasteiger partial charge in [-0.05, 0) is 42.2 Å². The maximum Gasteiger partial charge on any atom is 0.0912 e. The molecule has 0 saturated heterocycles. The van der Waals surface area contributed by atoms with Gasteiger partial charge in [0.25, 0.3) is 0 Å². The highest BCUT2D eigenvalue weighted by Gasteiger charge is 2.32. The summed E-state index contributed by atoms with van der Waals surface area (Å²) in [4.78, 5) is 1.21. The third-order valence-corrected chi connectivity index (χ3v) is 3.53. The van der Waals surface area contributed by atoms with Crippen LogP contribution in [0.3, 0.4) is 0 Å². The van der Waals surface area contributed by atoms with Crippen LogP contribution in [0, 0.1) is 5.92 Å². The predicted octanol–water partition coefficient (Wildman–Crippen LogP) is 2.75. The van der Waals surface area contributed by atoms with Gasteiger partial charge in [0, 0.05) is 4.88 Å². The molecule has 1 aliphatic rings. The van der Waals surface area contributed by atoms with E-state index in [0.29, 0.717) is 5.92 Å². The van der Waals surface area contributed by atoms with Gasteiger partial charge in [-0.1, -0.05) is 6.92 Å². The zero-order valence-electron chi connectivity index (χ0n) is 7.29. The molecule has 1 fully saturated rings. The topological polar surface area (TPSA) is 20.2 Å². The zero-order chi connectivity index (χ0) is 8.55. The molecule has 1 unspecified atom stereocenters. The van der Waals surface area contributed by atoms with Crippen molar-refractivity contribution in [2.45, 2.75) is 32.3 Å². The Morgan fingerprint density at radius 2 is 2.42 bits per heavy atom. The Hall–Kier alpha value is -0.340. The minimum absolute atomic E-state index is 0.167. The van der Waals surface area contributed by atoms with Crippen molar-refractivity contribution in [3.63, 3.8) is 0 Å². The molecule has 0 aliphatic heterocycles. The van der Waals surface area contributed by atoms with E-state index < -0.39 is 0 Å². The van der Waals surface area contributed by atoms with Crippen molar-refractivity contribution in [2.24, 2.45) is 5.92 Å². The Labute approximate surface area is 77.0 Å². The SMILES string of the molecule is CCc1ccsc1C(O)C1CC1. The van der Waals surface area contributed by atoms with Crippen LogP contribution < -0.4 is 0 Å². The summed E-state index contributed by atoms with van der Waals surface area (Å²) in [6, 6.07) is 2.13. The first-order chi connectivity index (χ1) is 5.83. The summed E-state index contributed by atoms with van der Waals surface area (Å²) in [6.45, 7) is 2.14. The summed E-state index contributed by atoms with van der Waals surface area (Å²) in [6.07, 6.45) is 3.30. The van der Waals surface area contributed by atoms with Gasteiger partial charge in [-0.2, -0.15) is 0 Å². The second-order valence-electron chi connectivity index (χ2n) is 3.45. The molecule has 1 saturated carbocycles. The lowest BCUT2D eigenvalue weighted by molar-refractivity contribution is 0.156. The van der Waals surface area contributed by atoms with Crippen molar-refractivity contribution in [2.75, 3.05) is 0 Å². The molecular weight excluding hydrogens is 168 g/mol. The molecule has 2 heteroatoms. The van der Waals surface area contributed by atoms with E-state index in [9.17, 15) is 5.11 Å². The summed E-state index contributed by atoms with van der Waals surface area (Å²) in [5, 5.41) is 12.0. The van der Waals surface area contributed by atoms with Crippen molar-refractivity contribution >= 4 is 11.3 Å². The molecule has 1 aliphatic carbocycles. The molecule has 0 aromatic carbocycles. The summed E-state index contributed by atoms with van der Waals surface area (Å²) in [5.41, 5.74) is 1.33. The van der Waals surface area contributed by atoms with E-state index in [1.165, 1.54) is 23.3 Å². The maximum atomic E-state index is 9.87. The van der Waals surface area contributed by atoms with Crippen molar-refractivity contribution in [1.82, 2.24) is 0 Å². The molecule has 0 spiro atoms. The number of rotatable bonds is 3. The van der Waals surface area contributed by atoms with Gasteiger partial charge < -0.3 is 5.11 Å². The van der Waals surface area contributed by atoms with Gasteiger partial charge in [0.15, 0.2) is 0 Å². The van der Waals surface area contributed by atoms with E-state index in [4.69, 9.17) is 0 Å². The number of hydrogen-bond acceptors (Lipinski definition) is 2. The largest absolute Gasteiger partial charge is 0.387 e. The number of aliphatic hydroxyl groups excluding tert-OH is 1. The average Bonchev–Trinajstić information content (AvgIpc) is 2.82. The van der Waals surface area contributed by atoms with E-state index in [2.05, 4.69) is 18.4 Å². The van der Waals surface area contributed by atoms with Gasteiger partial charge in [0.05, 0.1) is 6.10 Å². The highest BCUT2D eigenvalue weighted by Crippen LogP contribution is 2.43. The van der Waals surface area contributed by atoms with E-state index in [1.807, 2.05) is 0 Å². The molecule has 12 heavy (non-hydrogen) atoms. The lowest BCUT2D eigenvalue weighted by Gasteiger charge is -2.08. The summed E-state index contributed by atoms with van der Waals surface area (Å²) >= 11 is 1.70. The molecular formula is C10H14OS. The summed E-state index contributed by atoms with van der Waals surface area (Å²) in [5.74, 6) is 0.564. The third kappa shape index (κ3) is 1.41. The van der Waals surface area contributed by atoms with E-state index in [0.717, 1.165) is 6.42 Å². The van der Waals surface area contributed by atoms with Crippen molar-refractivity contribution in [1.29, 1.82) is 0 Å². The number of aryl methyl sites for hydroxylation is 1. The summed E-state index contributed by atoms with van der Waals surface area (Å²) in [7, 11) is 0. The molecule has 0 radical (unpaired) electrons. The van der Waals surface area contributed by atoms with Gasteiger partial charge in [-0.3, -0.25) is 0 Å². The highest BCUT2D eigenvalue weighted by atomic mass is 32.1. The molecule has 0 amide bonds. The zero-order valence-corrected chi connectivity index (χ0v) is 8.10. The van der Waals surface area contributed by atoms with Crippen molar-refractivity contribution < 1.29 is 5.11 Å². The monoisotopic (exact) mass is 182 g/mol. The van der Waals surface area contributed by atoms with Crippen LogP contribution >= 0.6 is 11.3 Å². The second-order valence-corrected chi connectivity index (χ2v) is 4.39. The third-order valence-electron chi connectivity index (χ3n) is 2.50. The van der Waals surface area contributed by atoms with Gasteiger partial charge in [0.2, 0.25) is 0 Å². The first-order valence-corrected chi connectivity index (χ1v) is 5.45. The molecule has 2 rings (SSSR count). The standard InChI is InChI=1S/C10H14OS/c1-2-7-5-6-12-10(7)9(11)8-3-4-8/h5-6,8-9,11H,2-4H2,1H3. The Bertz CT molecular complexity index is 263. The highest BCUT2D eigenvalue weighted by molar-refractivity contribution is 7.10. The van der Waals surface area contributed by atoms with Crippen LogP contribution in [-0.2, 0) is 6.42 Å². The van der Waals surface area contributed by atoms with Gasteiger partial charge >= 0.3 is 0 Å². The number of aliphatic hydroxyl groups is 1. The van der Waals surface area contributed by atoms with Crippen LogP contribution in [0.1, 0.15) is 36.3 Å². The first kappa shape index (κ1) is 8.27. The quantitative estimate of drug-likeness (QED) is 0.762. The Balaban J connectivity index is 2.19. The number of thiophene rings is 1. The molecule has 1 heterocycles. The molecule has 1 atom stereocenters. The average molecular weight is 182 g/mol. The molecule has 0 bridgehead atoms. The second kappa shape index (κ2) is 3.19. The van der Waals surface area contributed by atoms with E-state index in [1.54, 1.807) is 11.3 Å². The van der Waals surface area contributed by atoms with Crippen LogP contribution in [0.25, 0.3) is 0 Å². The van der Waals surface area contributed by atoms with Crippen molar-refractivity contribution in [3.05, 3.63) is 21.9 Å².